The Labute approximate surface area is 118 Å². The lowest BCUT2D eigenvalue weighted by Gasteiger charge is -2.25. The number of nitrogens with one attached hydrogen (secondary N) is 1. The molecule has 0 amide bonds. The van der Waals surface area contributed by atoms with Crippen LogP contribution in [0.5, 0.6) is 0 Å². The number of aromatic nitrogens is 2. The minimum atomic E-state index is 0.547. The summed E-state index contributed by atoms with van der Waals surface area (Å²) in [5, 5.41) is 3.31. The molecule has 1 fully saturated rings. The Morgan fingerprint density at radius 2 is 1.89 bits per heavy atom. The lowest BCUT2D eigenvalue weighted by atomic mass is 9.82. The summed E-state index contributed by atoms with van der Waals surface area (Å²) < 4.78 is 0.997. The molecule has 1 aromatic heterocycles. The molecule has 0 saturated heterocycles. The molecule has 0 bridgehead atoms. The van der Waals surface area contributed by atoms with Gasteiger partial charge in [-0.15, -0.1) is 0 Å². The first-order valence-electron chi connectivity index (χ1n) is 6.89. The van der Waals surface area contributed by atoms with Crippen LogP contribution in [0.1, 0.15) is 57.0 Å². The van der Waals surface area contributed by atoms with E-state index in [1.54, 1.807) is 0 Å². The van der Waals surface area contributed by atoms with Crippen LogP contribution in [0.25, 0.3) is 0 Å². The fourth-order valence-corrected chi connectivity index (χ4v) is 2.88. The maximum Gasteiger partial charge on any atom is 0.144 e. The van der Waals surface area contributed by atoms with Crippen molar-refractivity contribution >= 4 is 21.7 Å². The van der Waals surface area contributed by atoms with Gasteiger partial charge in [-0.2, -0.15) is 0 Å². The number of halogens is 1. The van der Waals surface area contributed by atoms with Crippen molar-refractivity contribution in [2.45, 2.75) is 52.4 Å². The number of hydrogen-bond acceptors (Lipinski definition) is 3. The van der Waals surface area contributed by atoms with E-state index in [0.717, 1.165) is 34.3 Å². The van der Waals surface area contributed by atoms with E-state index in [9.17, 15) is 0 Å². The van der Waals surface area contributed by atoms with E-state index in [1.807, 2.05) is 6.92 Å². The Bertz CT molecular complexity index is 412. The number of rotatable bonds is 3. The highest BCUT2D eigenvalue weighted by Gasteiger charge is 2.23. The highest BCUT2D eigenvalue weighted by Crippen LogP contribution is 2.35. The summed E-state index contributed by atoms with van der Waals surface area (Å²) in [6, 6.07) is 0. The minimum Gasteiger partial charge on any atom is -0.369 e. The molecule has 0 atom stereocenters. The molecule has 1 saturated carbocycles. The molecule has 2 rings (SSSR count). The minimum absolute atomic E-state index is 0.547. The molecule has 0 aromatic carbocycles. The van der Waals surface area contributed by atoms with Gasteiger partial charge in [-0.05, 0) is 48.5 Å². The SMILES string of the molecule is CCNc1nc(C2CCC(C)CC2)nc(C)c1Br. The smallest absolute Gasteiger partial charge is 0.144 e. The van der Waals surface area contributed by atoms with Crippen molar-refractivity contribution < 1.29 is 0 Å². The molecule has 18 heavy (non-hydrogen) atoms. The number of nitrogens with zero attached hydrogens (tertiary/aromatic N) is 2. The molecule has 0 radical (unpaired) electrons. The predicted octanol–water partition coefficient (Wildman–Crippen LogP) is 4.27. The van der Waals surface area contributed by atoms with Crippen LogP contribution in [0.15, 0.2) is 4.47 Å². The van der Waals surface area contributed by atoms with Gasteiger partial charge in [0.05, 0.1) is 10.2 Å². The van der Waals surface area contributed by atoms with E-state index in [2.05, 4.69) is 40.1 Å². The molecular formula is C14H22BrN3. The molecular weight excluding hydrogens is 290 g/mol. The lowest BCUT2D eigenvalue weighted by molar-refractivity contribution is 0.339. The van der Waals surface area contributed by atoms with Gasteiger partial charge in [-0.3, -0.25) is 0 Å². The predicted molar refractivity (Wildman–Crippen MR) is 79.0 cm³/mol. The Hall–Kier alpha value is -0.640. The van der Waals surface area contributed by atoms with Crippen molar-refractivity contribution in [2.24, 2.45) is 5.92 Å². The monoisotopic (exact) mass is 311 g/mol. The van der Waals surface area contributed by atoms with E-state index < -0.39 is 0 Å². The quantitative estimate of drug-likeness (QED) is 0.905. The van der Waals surface area contributed by atoms with Crippen LogP contribution in [-0.4, -0.2) is 16.5 Å². The van der Waals surface area contributed by atoms with E-state index >= 15 is 0 Å². The first-order chi connectivity index (χ1) is 8.61. The van der Waals surface area contributed by atoms with Gasteiger partial charge in [-0.1, -0.05) is 19.8 Å². The number of aryl methyl sites for hydroxylation is 1. The summed E-state index contributed by atoms with van der Waals surface area (Å²) in [5.74, 6) is 3.38. The summed E-state index contributed by atoms with van der Waals surface area (Å²) in [4.78, 5) is 9.37. The number of anilines is 1. The van der Waals surface area contributed by atoms with E-state index in [0.29, 0.717) is 5.92 Å². The second-order valence-corrected chi connectivity index (χ2v) is 6.11. The van der Waals surface area contributed by atoms with Crippen LogP contribution in [0, 0.1) is 12.8 Å². The summed E-state index contributed by atoms with van der Waals surface area (Å²) in [6.07, 6.45) is 5.07. The summed E-state index contributed by atoms with van der Waals surface area (Å²) in [7, 11) is 0. The summed E-state index contributed by atoms with van der Waals surface area (Å²) in [6.45, 7) is 7.36. The van der Waals surface area contributed by atoms with Crippen LogP contribution in [-0.2, 0) is 0 Å². The highest BCUT2D eigenvalue weighted by atomic mass is 79.9. The van der Waals surface area contributed by atoms with Crippen LogP contribution >= 0.6 is 15.9 Å². The Morgan fingerprint density at radius 3 is 2.50 bits per heavy atom. The Kier molecular flexibility index (Phi) is 4.60. The molecule has 0 aliphatic heterocycles. The molecule has 3 nitrogen and oxygen atoms in total. The van der Waals surface area contributed by atoms with Gasteiger partial charge in [0.15, 0.2) is 0 Å². The fourth-order valence-electron chi connectivity index (χ4n) is 2.57. The van der Waals surface area contributed by atoms with Crippen molar-refractivity contribution in [2.75, 3.05) is 11.9 Å². The third kappa shape index (κ3) is 3.02. The van der Waals surface area contributed by atoms with Gasteiger partial charge in [-0.25, -0.2) is 9.97 Å². The molecule has 1 N–H and O–H groups in total. The third-order valence-corrected chi connectivity index (χ3v) is 4.71. The molecule has 1 aromatic rings. The van der Waals surface area contributed by atoms with Crippen LogP contribution < -0.4 is 5.32 Å². The first kappa shape index (κ1) is 13.8. The summed E-state index contributed by atoms with van der Waals surface area (Å²) in [5.41, 5.74) is 1.04. The number of hydrogen-bond donors (Lipinski definition) is 1. The average molecular weight is 312 g/mol. The van der Waals surface area contributed by atoms with Crippen molar-refractivity contribution in [1.82, 2.24) is 9.97 Å². The summed E-state index contributed by atoms with van der Waals surface area (Å²) >= 11 is 3.56. The van der Waals surface area contributed by atoms with Gasteiger partial charge in [0.1, 0.15) is 11.6 Å². The molecule has 4 heteroatoms. The normalized spacial score (nSPS) is 24.0. The molecule has 0 spiro atoms. The van der Waals surface area contributed by atoms with Gasteiger partial charge >= 0.3 is 0 Å². The van der Waals surface area contributed by atoms with E-state index in [1.165, 1.54) is 25.7 Å². The zero-order valence-electron chi connectivity index (χ0n) is 11.5. The maximum absolute atomic E-state index is 4.70. The van der Waals surface area contributed by atoms with Gasteiger partial charge in [0.25, 0.3) is 0 Å². The van der Waals surface area contributed by atoms with Gasteiger partial charge in [0, 0.05) is 12.5 Å². The molecule has 100 valence electrons. The first-order valence-corrected chi connectivity index (χ1v) is 7.69. The van der Waals surface area contributed by atoms with Crippen molar-refractivity contribution in [3.63, 3.8) is 0 Å². The Morgan fingerprint density at radius 1 is 1.22 bits per heavy atom. The molecule has 1 aliphatic carbocycles. The van der Waals surface area contributed by atoms with Crippen LogP contribution in [0.3, 0.4) is 0 Å². The lowest BCUT2D eigenvalue weighted by Crippen LogP contribution is -2.15. The van der Waals surface area contributed by atoms with Crippen LogP contribution in [0.2, 0.25) is 0 Å². The van der Waals surface area contributed by atoms with E-state index in [4.69, 9.17) is 4.98 Å². The zero-order valence-corrected chi connectivity index (χ0v) is 13.0. The van der Waals surface area contributed by atoms with Crippen LogP contribution in [0.4, 0.5) is 5.82 Å². The maximum atomic E-state index is 4.70. The second kappa shape index (κ2) is 6.00. The van der Waals surface area contributed by atoms with Crippen molar-refractivity contribution in [3.05, 3.63) is 16.0 Å². The molecule has 1 aliphatic rings. The standard InChI is InChI=1S/C14H22BrN3/c1-4-16-14-12(15)10(3)17-13(18-14)11-7-5-9(2)6-8-11/h9,11H,4-8H2,1-3H3,(H,16,17,18). The second-order valence-electron chi connectivity index (χ2n) is 5.32. The van der Waals surface area contributed by atoms with Gasteiger partial charge < -0.3 is 5.32 Å². The molecule has 0 unspecified atom stereocenters. The topological polar surface area (TPSA) is 37.8 Å². The van der Waals surface area contributed by atoms with Gasteiger partial charge in [0.2, 0.25) is 0 Å². The largest absolute Gasteiger partial charge is 0.369 e. The third-order valence-electron chi connectivity index (χ3n) is 3.76. The van der Waals surface area contributed by atoms with Crippen molar-refractivity contribution in [3.8, 4) is 0 Å². The fraction of sp³-hybridized carbons (Fsp3) is 0.714. The average Bonchev–Trinajstić information content (AvgIpc) is 2.36. The van der Waals surface area contributed by atoms with Crippen molar-refractivity contribution in [1.29, 1.82) is 0 Å². The Balaban J connectivity index is 2.22. The van der Waals surface area contributed by atoms with E-state index in [-0.39, 0.29) is 0 Å². The zero-order chi connectivity index (χ0) is 13.1. The molecule has 1 heterocycles. The highest BCUT2D eigenvalue weighted by molar-refractivity contribution is 9.10.